The minimum Gasteiger partial charge on any atom is -0.341 e. The highest BCUT2D eigenvalue weighted by Crippen LogP contribution is 2.09. The molecule has 2 rings (SSSR count). The molecule has 18 heavy (non-hydrogen) atoms. The Hall–Kier alpha value is -1.35. The summed E-state index contributed by atoms with van der Waals surface area (Å²) in [7, 11) is 0. The van der Waals surface area contributed by atoms with Gasteiger partial charge < -0.3 is 10.7 Å². The van der Waals surface area contributed by atoms with Crippen molar-refractivity contribution in [3.63, 3.8) is 0 Å². The van der Waals surface area contributed by atoms with Crippen molar-refractivity contribution in [3.8, 4) is 0 Å². The Morgan fingerprint density at radius 3 is 2.00 bits per heavy atom. The van der Waals surface area contributed by atoms with Gasteiger partial charge in [-0.05, 0) is 12.1 Å². The van der Waals surface area contributed by atoms with E-state index in [0.29, 0.717) is 6.54 Å². The van der Waals surface area contributed by atoms with Crippen LogP contribution in [0.5, 0.6) is 0 Å². The maximum Gasteiger partial charge on any atom is 0.121 e. The van der Waals surface area contributed by atoms with Crippen LogP contribution in [0.25, 0.3) is 11.0 Å². The van der Waals surface area contributed by atoms with Gasteiger partial charge in [0.2, 0.25) is 0 Å². The van der Waals surface area contributed by atoms with Gasteiger partial charge in [-0.15, -0.1) is 0 Å². The smallest absolute Gasteiger partial charge is 0.121 e. The molecule has 1 aromatic carbocycles. The van der Waals surface area contributed by atoms with Crippen LogP contribution in [0.4, 0.5) is 0 Å². The zero-order chi connectivity index (χ0) is 14.4. The fraction of sp³-hybridized carbons (Fsp3) is 0.533. The van der Waals surface area contributed by atoms with Crippen LogP contribution >= 0.6 is 0 Å². The summed E-state index contributed by atoms with van der Waals surface area (Å²) in [6.45, 7) is 12.7. The normalized spacial score (nSPS) is 8.17. The number of benzene rings is 1. The quantitative estimate of drug-likeness (QED) is 0.784. The van der Waals surface area contributed by atoms with E-state index in [0.717, 1.165) is 16.9 Å². The molecule has 0 radical (unpaired) electrons. The highest BCUT2D eigenvalue weighted by Gasteiger charge is 1.97. The first kappa shape index (κ1) is 19.0. The maximum absolute atomic E-state index is 5.42. The van der Waals surface area contributed by atoms with Crippen LogP contribution in [0.15, 0.2) is 24.3 Å². The van der Waals surface area contributed by atoms with Gasteiger partial charge in [0, 0.05) is 0 Å². The third-order valence-corrected chi connectivity index (χ3v) is 1.63. The number of imidazole rings is 1. The third-order valence-electron chi connectivity index (χ3n) is 1.63. The molecule has 3 nitrogen and oxygen atoms in total. The summed E-state index contributed by atoms with van der Waals surface area (Å²) < 4.78 is 0. The van der Waals surface area contributed by atoms with E-state index in [2.05, 4.69) is 23.8 Å². The van der Waals surface area contributed by atoms with Crippen molar-refractivity contribution < 1.29 is 0 Å². The van der Waals surface area contributed by atoms with Gasteiger partial charge in [0.05, 0.1) is 17.6 Å². The molecule has 0 saturated carbocycles. The Balaban J connectivity index is 0. The van der Waals surface area contributed by atoms with E-state index >= 15 is 0 Å². The van der Waals surface area contributed by atoms with E-state index in [-0.39, 0.29) is 0 Å². The second-order valence-corrected chi connectivity index (χ2v) is 3.11. The first-order valence-electron chi connectivity index (χ1n) is 6.95. The van der Waals surface area contributed by atoms with Crippen molar-refractivity contribution in [3.05, 3.63) is 30.1 Å². The van der Waals surface area contributed by atoms with Crippen LogP contribution in [0.1, 0.15) is 53.8 Å². The first-order chi connectivity index (χ1) is 8.81. The predicted octanol–water partition coefficient (Wildman–Crippen LogP) is 4.49. The van der Waals surface area contributed by atoms with Gasteiger partial charge >= 0.3 is 0 Å². The van der Waals surface area contributed by atoms with Crippen molar-refractivity contribution in [1.29, 1.82) is 0 Å². The number of rotatable bonds is 1. The van der Waals surface area contributed by atoms with Crippen LogP contribution in [0.3, 0.4) is 0 Å². The number of aromatic nitrogens is 2. The van der Waals surface area contributed by atoms with Crippen LogP contribution in [-0.2, 0) is 6.54 Å². The van der Waals surface area contributed by atoms with Crippen LogP contribution in [-0.4, -0.2) is 9.97 Å². The van der Waals surface area contributed by atoms with E-state index in [1.54, 1.807) is 0 Å². The maximum atomic E-state index is 5.42. The number of aromatic amines is 1. The Morgan fingerprint density at radius 2 is 1.56 bits per heavy atom. The molecule has 0 aliphatic heterocycles. The van der Waals surface area contributed by atoms with Crippen molar-refractivity contribution in [2.24, 2.45) is 5.73 Å². The molecule has 0 unspecified atom stereocenters. The lowest BCUT2D eigenvalue weighted by Gasteiger charge is -1.82. The summed E-state index contributed by atoms with van der Waals surface area (Å²) >= 11 is 0. The van der Waals surface area contributed by atoms with Crippen LogP contribution in [0, 0.1) is 0 Å². The Labute approximate surface area is 112 Å². The third kappa shape index (κ3) is 7.07. The fourth-order valence-corrected chi connectivity index (χ4v) is 1.10. The van der Waals surface area contributed by atoms with Gasteiger partial charge in [0.15, 0.2) is 0 Å². The molecule has 3 N–H and O–H groups in total. The molecule has 1 heterocycles. The van der Waals surface area contributed by atoms with Gasteiger partial charge in [-0.2, -0.15) is 0 Å². The molecule has 0 atom stereocenters. The van der Waals surface area contributed by atoms with E-state index in [1.807, 2.05) is 52.0 Å². The molecule has 0 saturated heterocycles. The highest BCUT2D eigenvalue weighted by molar-refractivity contribution is 5.74. The summed E-state index contributed by atoms with van der Waals surface area (Å²) in [5.74, 6) is 0.839. The van der Waals surface area contributed by atoms with Crippen molar-refractivity contribution in [1.82, 2.24) is 9.97 Å². The zero-order valence-electron chi connectivity index (χ0n) is 12.7. The molecule has 0 amide bonds. The summed E-state index contributed by atoms with van der Waals surface area (Å²) in [5, 5.41) is 0. The van der Waals surface area contributed by atoms with Crippen LogP contribution < -0.4 is 5.73 Å². The number of nitrogens with one attached hydrogen (secondary N) is 1. The van der Waals surface area contributed by atoms with E-state index < -0.39 is 0 Å². The van der Waals surface area contributed by atoms with Gasteiger partial charge in [0.1, 0.15) is 5.82 Å². The lowest BCUT2D eigenvalue weighted by molar-refractivity contribution is 0.958. The molecule has 0 bridgehead atoms. The van der Waals surface area contributed by atoms with E-state index in [9.17, 15) is 0 Å². The van der Waals surface area contributed by atoms with Gasteiger partial charge in [-0.1, -0.05) is 60.1 Å². The Morgan fingerprint density at radius 1 is 1.06 bits per heavy atom. The molecule has 1 aromatic heterocycles. The van der Waals surface area contributed by atoms with E-state index in [4.69, 9.17) is 5.73 Å². The fourth-order valence-electron chi connectivity index (χ4n) is 1.10. The molecule has 3 heteroatoms. The number of fused-ring (bicyclic) bond motifs is 1. The predicted molar refractivity (Wildman–Crippen MR) is 82.6 cm³/mol. The molecule has 0 aliphatic rings. The Bertz CT molecular complexity index is 347. The molecule has 0 spiro atoms. The molecule has 0 aliphatic carbocycles. The minimum atomic E-state index is 0.467. The number of hydrogen-bond donors (Lipinski definition) is 2. The van der Waals surface area contributed by atoms with Crippen LogP contribution in [0.2, 0.25) is 0 Å². The molecular weight excluding hydrogens is 222 g/mol. The van der Waals surface area contributed by atoms with Crippen molar-refractivity contribution in [2.75, 3.05) is 0 Å². The molecule has 0 fully saturated rings. The monoisotopic (exact) mass is 251 g/mol. The first-order valence-corrected chi connectivity index (χ1v) is 6.95. The summed E-state index contributed by atoms with van der Waals surface area (Å²) in [4.78, 5) is 7.36. The number of nitrogens with two attached hydrogens (primary N) is 1. The zero-order valence-corrected chi connectivity index (χ0v) is 12.7. The minimum absolute atomic E-state index is 0.467. The summed E-state index contributed by atoms with van der Waals surface area (Å²) in [6.07, 6.45) is 1.25. The average Bonchev–Trinajstić information content (AvgIpc) is 2.87. The SMILES string of the molecule is CC.CC.CCC.NCc1nc2ccccc2[nH]1. The number of H-pyrrole nitrogens is 1. The molecule has 2 aromatic rings. The lowest BCUT2D eigenvalue weighted by Crippen LogP contribution is -1.97. The number of para-hydroxylation sites is 2. The van der Waals surface area contributed by atoms with E-state index in [1.165, 1.54) is 6.42 Å². The highest BCUT2D eigenvalue weighted by atomic mass is 14.9. The average molecular weight is 251 g/mol. The molecule has 104 valence electrons. The van der Waals surface area contributed by atoms with Gasteiger partial charge in [-0.25, -0.2) is 4.98 Å². The van der Waals surface area contributed by atoms with Gasteiger partial charge in [-0.3, -0.25) is 0 Å². The molecular formula is C15H29N3. The number of hydrogen-bond acceptors (Lipinski definition) is 2. The Kier molecular flexibility index (Phi) is 14.5. The summed E-state index contributed by atoms with van der Waals surface area (Å²) in [6, 6.07) is 7.89. The van der Waals surface area contributed by atoms with Gasteiger partial charge in [0.25, 0.3) is 0 Å². The topological polar surface area (TPSA) is 54.7 Å². The largest absolute Gasteiger partial charge is 0.341 e. The van der Waals surface area contributed by atoms with Crippen molar-refractivity contribution in [2.45, 2.75) is 54.5 Å². The summed E-state index contributed by atoms with van der Waals surface area (Å²) in [5.41, 5.74) is 7.45. The number of nitrogens with zero attached hydrogens (tertiary/aromatic N) is 1. The second-order valence-electron chi connectivity index (χ2n) is 3.11. The second kappa shape index (κ2) is 13.7. The van der Waals surface area contributed by atoms with Crippen molar-refractivity contribution >= 4 is 11.0 Å². The lowest BCUT2D eigenvalue weighted by atomic mass is 10.3. The standard InChI is InChI=1S/C8H9N3.C3H8.2C2H6/c9-5-8-10-6-3-1-2-4-7(6)11-8;1-3-2;2*1-2/h1-4H,5,9H2,(H,10,11);3H2,1-2H3;2*1-2H3.